The van der Waals surface area contributed by atoms with Crippen molar-refractivity contribution in [3.05, 3.63) is 51.2 Å². The number of hydrogen-bond acceptors (Lipinski definition) is 4. The van der Waals surface area contributed by atoms with Gasteiger partial charge in [-0.15, -0.1) is 0 Å². The van der Waals surface area contributed by atoms with Gasteiger partial charge in [0, 0.05) is 12.5 Å². The second-order valence-electron chi connectivity index (χ2n) is 3.76. The molecule has 18 heavy (non-hydrogen) atoms. The molecule has 0 aliphatic heterocycles. The van der Waals surface area contributed by atoms with Crippen LogP contribution in [0.1, 0.15) is 35.7 Å². The monoisotopic (exact) mass is 249 g/mol. The van der Waals surface area contributed by atoms with Crippen LogP contribution in [-0.2, 0) is 4.74 Å². The lowest BCUT2D eigenvalue weighted by atomic mass is 10.1. The molecule has 0 aromatic heterocycles. The van der Waals surface area contributed by atoms with Crippen LogP contribution in [-0.4, -0.2) is 18.0 Å². The van der Waals surface area contributed by atoms with Crippen molar-refractivity contribution < 1.29 is 14.5 Å². The van der Waals surface area contributed by atoms with Crippen molar-refractivity contribution in [1.29, 1.82) is 0 Å². The van der Waals surface area contributed by atoms with Crippen molar-refractivity contribution in [2.45, 2.75) is 19.8 Å². The summed E-state index contributed by atoms with van der Waals surface area (Å²) < 4.78 is 4.57. The molecule has 1 aromatic carbocycles. The van der Waals surface area contributed by atoms with Crippen molar-refractivity contribution in [1.82, 2.24) is 0 Å². The summed E-state index contributed by atoms with van der Waals surface area (Å²) in [6, 6.07) is 6.49. The molecular formula is C13H15NO4. The molecule has 1 aromatic rings. The number of hydrogen-bond donors (Lipinski definition) is 0. The third-order valence-corrected chi connectivity index (χ3v) is 2.41. The Labute approximate surface area is 105 Å². The zero-order valence-corrected chi connectivity index (χ0v) is 10.4. The largest absolute Gasteiger partial charge is 0.465 e. The van der Waals surface area contributed by atoms with Crippen LogP contribution in [0.5, 0.6) is 0 Å². The van der Waals surface area contributed by atoms with E-state index >= 15 is 0 Å². The smallest absolute Gasteiger partial charge is 0.337 e. The topological polar surface area (TPSA) is 69.4 Å². The van der Waals surface area contributed by atoms with Gasteiger partial charge in [0.15, 0.2) is 0 Å². The SMILES string of the molecule is CCCC(=Cc1ccc(C(=O)OC)cc1)[N+](=O)[O-]. The van der Waals surface area contributed by atoms with Gasteiger partial charge < -0.3 is 4.74 Å². The quantitative estimate of drug-likeness (QED) is 0.457. The van der Waals surface area contributed by atoms with Crippen molar-refractivity contribution >= 4 is 12.0 Å². The minimum atomic E-state index is -0.423. The fourth-order valence-electron chi connectivity index (χ4n) is 1.50. The standard InChI is InChI=1S/C13H15NO4/c1-3-4-12(14(16)17)9-10-5-7-11(8-6-10)13(15)18-2/h5-9H,3-4H2,1-2H3. The van der Waals surface area contributed by atoms with Crippen LogP contribution >= 0.6 is 0 Å². The Hall–Kier alpha value is -2.17. The minimum absolute atomic E-state index is 0.170. The van der Waals surface area contributed by atoms with E-state index in [0.717, 1.165) is 0 Å². The molecule has 0 aliphatic rings. The Morgan fingerprint density at radius 2 is 2.00 bits per heavy atom. The van der Waals surface area contributed by atoms with E-state index in [-0.39, 0.29) is 10.6 Å². The molecule has 0 saturated heterocycles. The first-order valence-corrected chi connectivity index (χ1v) is 5.61. The number of nitro groups is 1. The van der Waals surface area contributed by atoms with Gasteiger partial charge in [-0.25, -0.2) is 4.79 Å². The summed E-state index contributed by atoms with van der Waals surface area (Å²) in [4.78, 5) is 21.6. The van der Waals surface area contributed by atoms with Crippen LogP contribution in [0.2, 0.25) is 0 Å². The van der Waals surface area contributed by atoms with Gasteiger partial charge in [-0.1, -0.05) is 19.1 Å². The summed E-state index contributed by atoms with van der Waals surface area (Å²) in [5, 5.41) is 10.8. The van der Waals surface area contributed by atoms with Gasteiger partial charge in [-0.05, 0) is 24.1 Å². The Bertz CT molecular complexity index is 462. The molecule has 0 saturated carbocycles. The molecule has 5 nitrogen and oxygen atoms in total. The number of rotatable bonds is 5. The van der Waals surface area contributed by atoms with Crippen molar-refractivity contribution in [3.8, 4) is 0 Å². The average molecular weight is 249 g/mol. The summed E-state index contributed by atoms with van der Waals surface area (Å²) >= 11 is 0. The van der Waals surface area contributed by atoms with Crippen LogP contribution in [0, 0.1) is 10.1 Å². The van der Waals surface area contributed by atoms with E-state index in [9.17, 15) is 14.9 Å². The van der Waals surface area contributed by atoms with E-state index in [1.807, 2.05) is 6.92 Å². The van der Waals surface area contributed by atoms with Crippen LogP contribution in [0.15, 0.2) is 30.0 Å². The number of carbonyl (C=O) groups is 1. The van der Waals surface area contributed by atoms with Gasteiger partial charge in [0.2, 0.25) is 5.70 Å². The first-order valence-electron chi connectivity index (χ1n) is 5.61. The predicted octanol–water partition coefficient (Wildman–Crippen LogP) is 2.89. The van der Waals surface area contributed by atoms with Gasteiger partial charge in [0.25, 0.3) is 0 Å². The normalized spacial score (nSPS) is 11.1. The van der Waals surface area contributed by atoms with E-state index in [0.29, 0.717) is 24.0 Å². The third kappa shape index (κ3) is 3.69. The van der Waals surface area contributed by atoms with Gasteiger partial charge in [-0.2, -0.15) is 0 Å². The third-order valence-electron chi connectivity index (χ3n) is 2.41. The van der Waals surface area contributed by atoms with E-state index in [1.165, 1.54) is 13.2 Å². The highest BCUT2D eigenvalue weighted by Crippen LogP contribution is 2.13. The Morgan fingerprint density at radius 1 is 1.39 bits per heavy atom. The fraction of sp³-hybridized carbons (Fsp3) is 0.308. The molecule has 0 spiro atoms. The minimum Gasteiger partial charge on any atom is -0.465 e. The first-order chi connectivity index (χ1) is 8.58. The second-order valence-corrected chi connectivity index (χ2v) is 3.76. The molecular weight excluding hydrogens is 234 g/mol. The highest BCUT2D eigenvalue weighted by molar-refractivity contribution is 5.89. The Balaban J connectivity index is 2.94. The predicted molar refractivity (Wildman–Crippen MR) is 67.7 cm³/mol. The number of benzene rings is 1. The van der Waals surface area contributed by atoms with E-state index in [1.54, 1.807) is 24.3 Å². The highest BCUT2D eigenvalue weighted by Gasteiger charge is 2.09. The lowest BCUT2D eigenvalue weighted by Crippen LogP contribution is -2.01. The molecule has 96 valence electrons. The average Bonchev–Trinajstić information content (AvgIpc) is 2.38. The van der Waals surface area contributed by atoms with E-state index < -0.39 is 5.97 Å². The van der Waals surface area contributed by atoms with Gasteiger partial charge in [0.05, 0.1) is 17.6 Å². The summed E-state index contributed by atoms with van der Waals surface area (Å²) in [5.41, 5.74) is 1.29. The maximum atomic E-state index is 11.2. The van der Waals surface area contributed by atoms with Crippen molar-refractivity contribution in [2.75, 3.05) is 7.11 Å². The molecule has 0 N–H and O–H groups in total. The van der Waals surface area contributed by atoms with E-state index in [2.05, 4.69) is 4.74 Å². The van der Waals surface area contributed by atoms with Crippen LogP contribution in [0.3, 0.4) is 0 Å². The van der Waals surface area contributed by atoms with Crippen molar-refractivity contribution in [2.24, 2.45) is 0 Å². The molecule has 0 amide bonds. The maximum Gasteiger partial charge on any atom is 0.337 e. The van der Waals surface area contributed by atoms with E-state index in [4.69, 9.17) is 0 Å². The molecule has 0 radical (unpaired) electrons. The number of methoxy groups -OCH3 is 1. The summed E-state index contributed by atoms with van der Waals surface area (Å²) in [7, 11) is 1.31. The molecule has 0 atom stereocenters. The number of esters is 1. The van der Waals surface area contributed by atoms with Gasteiger partial charge >= 0.3 is 5.97 Å². The molecule has 0 heterocycles. The second kappa shape index (κ2) is 6.54. The van der Waals surface area contributed by atoms with Crippen molar-refractivity contribution in [3.63, 3.8) is 0 Å². The van der Waals surface area contributed by atoms with Crippen LogP contribution in [0.25, 0.3) is 6.08 Å². The number of nitrogens with zero attached hydrogens (tertiary/aromatic N) is 1. The molecule has 1 rings (SSSR count). The Kier molecular flexibility index (Phi) is 5.05. The molecule has 5 heteroatoms. The molecule has 0 bridgehead atoms. The molecule has 0 fully saturated rings. The molecule has 0 unspecified atom stereocenters. The zero-order chi connectivity index (χ0) is 13.5. The summed E-state index contributed by atoms with van der Waals surface area (Å²) in [6.07, 6.45) is 2.66. The highest BCUT2D eigenvalue weighted by atomic mass is 16.6. The molecule has 0 aliphatic carbocycles. The van der Waals surface area contributed by atoms with Gasteiger partial charge in [-0.3, -0.25) is 10.1 Å². The van der Waals surface area contributed by atoms with Crippen LogP contribution in [0.4, 0.5) is 0 Å². The van der Waals surface area contributed by atoms with Crippen LogP contribution < -0.4 is 0 Å². The zero-order valence-electron chi connectivity index (χ0n) is 10.4. The fourth-order valence-corrected chi connectivity index (χ4v) is 1.50. The lowest BCUT2D eigenvalue weighted by molar-refractivity contribution is -0.426. The maximum absolute atomic E-state index is 11.2. The first kappa shape index (κ1) is 13.9. The number of carbonyl (C=O) groups excluding carboxylic acids is 1. The Morgan fingerprint density at radius 3 is 2.44 bits per heavy atom. The summed E-state index contributed by atoms with van der Waals surface area (Å²) in [6.45, 7) is 1.89. The lowest BCUT2D eigenvalue weighted by Gasteiger charge is -2.00. The number of ether oxygens (including phenoxy) is 1. The van der Waals surface area contributed by atoms with Gasteiger partial charge in [0.1, 0.15) is 0 Å². The number of allylic oxidation sites excluding steroid dienone is 1. The summed E-state index contributed by atoms with van der Waals surface area (Å²) in [5.74, 6) is -0.423.